The fourth-order valence-electron chi connectivity index (χ4n) is 3.10. The molecule has 0 atom stereocenters. The first kappa shape index (κ1) is 19.7. The van der Waals surface area contributed by atoms with E-state index in [0.29, 0.717) is 24.7 Å². The summed E-state index contributed by atoms with van der Waals surface area (Å²) in [7, 11) is 0. The van der Waals surface area contributed by atoms with Gasteiger partial charge in [0.15, 0.2) is 0 Å². The van der Waals surface area contributed by atoms with E-state index in [-0.39, 0.29) is 5.91 Å². The highest BCUT2D eigenvalue weighted by Gasteiger charge is 2.08. The van der Waals surface area contributed by atoms with E-state index >= 15 is 0 Å². The van der Waals surface area contributed by atoms with E-state index in [1.54, 1.807) is 18.7 Å². The third-order valence-electron chi connectivity index (χ3n) is 4.62. The highest BCUT2D eigenvalue weighted by atomic mass is 16.5. The zero-order chi connectivity index (χ0) is 20.8. The molecule has 0 aliphatic carbocycles. The van der Waals surface area contributed by atoms with Crippen molar-refractivity contribution in [3.63, 3.8) is 0 Å². The highest BCUT2D eigenvalue weighted by Crippen LogP contribution is 2.28. The van der Waals surface area contributed by atoms with E-state index in [1.165, 1.54) is 6.92 Å². The Balaban J connectivity index is 1.34. The second kappa shape index (κ2) is 9.23. The number of aromatic amines is 1. The number of H-pyrrole nitrogens is 1. The number of pyridine rings is 1. The van der Waals surface area contributed by atoms with Crippen LogP contribution in [0.4, 0.5) is 0 Å². The van der Waals surface area contributed by atoms with E-state index in [0.717, 1.165) is 40.8 Å². The summed E-state index contributed by atoms with van der Waals surface area (Å²) < 4.78 is 11.6. The minimum atomic E-state index is -0.00203. The molecule has 0 unspecified atom stereocenters. The molecule has 154 valence electrons. The average molecular weight is 405 g/mol. The van der Waals surface area contributed by atoms with Crippen molar-refractivity contribution in [2.24, 2.45) is 0 Å². The number of amides is 1. The number of carbonyl (C=O) groups is 1. The van der Waals surface area contributed by atoms with Crippen molar-refractivity contribution in [3.8, 4) is 22.9 Å². The Hall–Kier alpha value is -3.65. The van der Waals surface area contributed by atoms with Gasteiger partial charge in [0, 0.05) is 61.1 Å². The number of nitrogens with one attached hydrogen (secondary N) is 3. The van der Waals surface area contributed by atoms with Crippen molar-refractivity contribution in [2.45, 2.75) is 19.9 Å². The molecule has 0 radical (unpaired) electrons. The second-order valence-electron chi connectivity index (χ2n) is 6.89. The number of nitrogens with zero attached hydrogens (tertiary/aromatic N) is 2. The first-order chi connectivity index (χ1) is 14.7. The molecule has 0 aliphatic rings. The van der Waals surface area contributed by atoms with E-state index in [9.17, 15) is 4.79 Å². The maximum Gasteiger partial charge on any atom is 0.219 e. The molecular formula is C22H23N5O3. The van der Waals surface area contributed by atoms with Crippen LogP contribution in [0.15, 0.2) is 59.5 Å². The summed E-state index contributed by atoms with van der Waals surface area (Å²) in [6.07, 6.45) is 6.07. The molecule has 1 aromatic carbocycles. The molecule has 0 saturated carbocycles. The molecule has 3 N–H and O–H groups in total. The van der Waals surface area contributed by atoms with Crippen molar-refractivity contribution >= 4 is 16.9 Å². The standard InChI is InChI=1S/C22H23N5O3/c1-15(28)24-9-2-8-23-12-17-14-29-21-11-18(4-5-19(17)21)30-22-6-3-16(13-25-22)20-7-10-26-27-20/h3-7,10-11,13-14,23H,2,8-9,12H2,1H3,(H,24,28)(H,26,27). The highest BCUT2D eigenvalue weighted by molar-refractivity contribution is 5.82. The molecule has 4 aromatic rings. The van der Waals surface area contributed by atoms with Gasteiger partial charge in [0.1, 0.15) is 11.3 Å². The topological polar surface area (TPSA) is 105 Å². The van der Waals surface area contributed by atoms with E-state index in [4.69, 9.17) is 9.15 Å². The van der Waals surface area contributed by atoms with Crippen LogP contribution in [0.3, 0.4) is 0 Å². The molecule has 1 amide bonds. The number of hydrogen-bond donors (Lipinski definition) is 3. The van der Waals surface area contributed by atoms with Crippen LogP contribution in [0.5, 0.6) is 11.6 Å². The van der Waals surface area contributed by atoms with Gasteiger partial charge >= 0.3 is 0 Å². The van der Waals surface area contributed by atoms with Gasteiger partial charge in [-0.05, 0) is 37.2 Å². The van der Waals surface area contributed by atoms with Gasteiger partial charge in [-0.25, -0.2) is 4.98 Å². The number of fused-ring (bicyclic) bond motifs is 1. The van der Waals surface area contributed by atoms with Gasteiger partial charge < -0.3 is 19.8 Å². The zero-order valence-corrected chi connectivity index (χ0v) is 16.6. The largest absolute Gasteiger partial charge is 0.464 e. The number of furan rings is 1. The van der Waals surface area contributed by atoms with Crippen LogP contribution in [-0.4, -0.2) is 34.2 Å². The summed E-state index contributed by atoms with van der Waals surface area (Å²) in [6.45, 7) is 3.71. The van der Waals surface area contributed by atoms with Gasteiger partial charge in [0.25, 0.3) is 0 Å². The molecule has 0 aliphatic heterocycles. The number of hydrogen-bond acceptors (Lipinski definition) is 6. The Labute approximate surface area is 173 Å². The molecule has 8 heteroatoms. The number of ether oxygens (including phenoxy) is 1. The number of benzene rings is 1. The van der Waals surface area contributed by atoms with Crippen molar-refractivity contribution in [1.29, 1.82) is 0 Å². The van der Waals surface area contributed by atoms with Crippen molar-refractivity contribution in [3.05, 3.63) is 60.6 Å². The average Bonchev–Trinajstić information content (AvgIpc) is 3.41. The normalized spacial score (nSPS) is 11.0. The zero-order valence-electron chi connectivity index (χ0n) is 16.6. The molecule has 0 bridgehead atoms. The Morgan fingerprint density at radius 2 is 2.13 bits per heavy atom. The molecular weight excluding hydrogens is 382 g/mol. The summed E-state index contributed by atoms with van der Waals surface area (Å²) in [5.41, 5.74) is 3.69. The number of rotatable bonds is 9. The number of aromatic nitrogens is 3. The van der Waals surface area contributed by atoms with Crippen molar-refractivity contribution in [1.82, 2.24) is 25.8 Å². The van der Waals surface area contributed by atoms with Crippen molar-refractivity contribution in [2.75, 3.05) is 13.1 Å². The fraction of sp³-hybridized carbons (Fsp3) is 0.227. The summed E-state index contributed by atoms with van der Waals surface area (Å²) >= 11 is 0. The van der Waals surface area contributed by atoms with E-state index < -0.39 is 0 Å². The van der Waals surface area contributed by atoms with Gasteiger partial charge in [-0.3, -0.25) is 9.89 Å². The molecule has 0 fully saturated rings. The lowest BCUT2D eigenvalue weighted by molar-refractivity contribution is -0.118. The number of carbonyl (C=O) groups excluding carboxylic acids is 1. The van der Waals surface area contributed by atoms with Crippen LogP contribution >= 0.6 is 0 Å². The molecule has 3 heterocycles. The molecule has 4 rings (SSSR count). The minimum Gasteiger partial charge on any atom is -0.464 e. The lowest BCUT2D eigenvalue weighted by Gasteiger charge is -2.06. The summed E-state index contributed by atoms with van der Waals surface area (Å²) in [4.78, 5) is 15.2. The predicted octanol–water partition coefficient (Wildman–Crippen LogP) is 3.63. The van der Waals surface area contributed by atoms with Crippen LogP contribution < -0.4 is 15.4 Å². The van der Waals surface area contributed by atoms with Gasteiger partial charge in [-0.15, -0.1) is 0 Å². The predicted molar refractivity (Wildman–Crippen MR) is 113 cm³/mol. The lowest BCUT2D eigenvalue weighted by atomic mass is 10.1. The fourth-order valence-corrected chi connectivity index (χ4v) is 3.10. The Kier molecular flexibility index (Phi) is 6.05. The van der Waals surface area contributed by atoms with Gasteiger partial charge in [0.2, 0.25) is 11.8 Å². The summed E-state index contributed by atoms with van der Waals surface area (Å²) in [5, 5.41) is 14.0. The molecule has 8 nitrogen and oxygen atoms in total. The molecule has 0 saturated heterocycles. The van der Waals surface area contributed by atoms with Gasteiger partial charge in [0.05, 0.1) is 12.0 Å². The Morgan fingerprint density at radius 1 is 1.20 bits per heavy atom. The monoisotopic (exact) mass is 405 g/mol. The van der Waals surface area contributed by atoms with Crippen LogP contribution in [0.25, 0.3) is 22.2 Å². The van der Waals surface area contributed by atoms with E-state index in [2.05, 4.69) is 25.8 Å². The van der Waals surface area contributed by atoms with Crippen LogP contribution in [0.1, 0.15) is 18.9 Å². The smallest absolute Gasteiger partial charge is 0.219 e. The maximum absolute atomic E-state index is 10.9. The first-order valence-electron chi connectivity index (χ1n) is 9.78. The minimum absolute atomic E-state index is 0.00203. The summed E-state index contributed by atoms with van der Waals surface area (Å²) in [5.74, 6) is 1.16. The Morgan fingerprint density at radius 3 is 2.90 bits per heavy atom. The first-order valence-corrected chi connectivity index (χ1v) is 9.78. The Bertz CT molecular complexity index is 1100. The van der Waals surface area contributed by atoms with Crippen LogP contribution in [0.2, 0.25) is 0 Å². The van der Waals surface area contributed by atoms with Crippen LogP contribution in [-0.2, 0) is 11.3 Å². The van der Waals surface area contributed by atoms with Crippen molar-refractivity contribution < 1.29 is 13.9 Å². The van der Waals surface area contributed by atoms with Crippen LogP contribution in [0, 0.1) is 0 Å². The molecule has 3 aromatic heterocycles. The van der Waals surface area contributed by atoms with Gasteiger partial charge in [-0.1, -0.05) is 0 Å². The SMILES string of the molecule is CC(=O)NCCCNCc1coc2cc(Oc3ccc(-c4ccn[nH]4)cn3)ccc12. The quantitative estimate of drug-likeness (QED) is 0.367. The second-order valence-corrected chi connectivity index (χ2v) is 6.89. The molecule has 30 heavy (non-hydrogen) atoms. The third-order valence-corrected chi connectivity index (χ3v) is 4.62. The summed E-state index contributed by atoms with van der Waals surface area (Å²) in [6, 6.07) is 11.4. The van der Waals surface area contributed by atoms with Gasteiger partial charge in [-0.2, -0.15) is 5.10 Å². The molecule has 0 spiro atoms. The van der Waals surface area contributed by atoms with E-state index in [1.807, 2.05) is 36.4 Å². The lowest BCUT2D eigenvalue weighted by Crippen LogP contribution is -2.24. The maximum atomic E-state index is 10.9. The third kappa shape index (κ3) is 4.84.